The minimum Gasteiger partial charge on any atom is -0.756 e. The van der Waals surface area contributed by atoms with Crippen molar-refractivity contribution in [3.05, 3.63) is 113 Å². The van der Waals surface area contributed by atoms with Gasteiger partial charge in [-0.15, -0.1) is 0 Å². The van der Waals surface area contributed by atoms with Crippen LogP contribution in [0.4, 0.5) is 0 Å². The second-order valence-electron chi connectivity index (χ2n) is 30.5. The van der Waals surface area contributed by atoms with Crippen molar-refractivity contribution in [2.24, 2.45) is 0 Å². The molecule has 0 heterocycles. The van der Waals surface area contributed by atoms with Crippen LogP contribution in [0.3, 0.4) is 0 Å². The first-order chi connectivity index (χ1) is 36.7. The molecule has 0 bridgehead atoms. The standard InChI is InChI=1S/2C34H55O6P.Ni/c2*1-15-23-21(17-25(31(3,4)5)29(35)27(23)33(9,10)11)19-39-41(37,38)40-20-22-18-26(32(6,7)8)30(36)28(24(22)16-2)34(12,13)14;/h2*17-18,35-36H,15-16,19-20H2,1-14H3,(H,37,38);/q;;+2/p-2. The SMILES string of the molecule is CCc1c(COP(=O)([O-])OCc2cc(C(C)(C)C)c(O)c(C(C)(C)C)c2CC)cc(C(C)(C)C)c(O)c1C(C)(C)C.CCc1c(COP(=O)([O-])OCc2cc(C(C)(C)C)c(O)c(C(C)(C)C)c2CC)cc(C(C)(C)C)c(O)c1C(C)(C)C.[Ni+2]. The number of hydrogen-bond acceptors (Lipinski definition) is 12. The van der Waals surface area contributed by atoms with E-state index in [0.29, 0.717) is 25.7 Å². The van der Waals surface area contributed by atoms with Gasteiger partial charge in [0.05, 0.1) is 26.4 Å². The fraction of sp³-hybridized carbons (Fsp3) is 0.647. The van der Waals surface area contributed by atoms with Gasteiger partial charge in [-0.1, -0.05) is 194 Å². The van der Waals surface area contributed by atoms with Gasteiger partial charge in [0.25, 0.3) is 15.6 Å². The van der Waals surface area contributed by atoms with Crippen molar-refractivity contribution in [1.29, 1.82) is 0 Å². The number of rotatable bonds is 16. The number of phosphoric acid groups is 2. The van der Waals surface area contributed by atoms with Gasteiger partial charge in [-0.2, -0.15) is 0 Å². The van der Waals surface area contributed by atoms with Crippen LogP contribution in [0.1, 0.15) is 283 Å². The number of phenolic OH excluding ortho intramolecular Hbond substituents is 4. The van der Waals surface area contributed by atoms with Crippen LogP contribution in [0, 0.1) is 0 Å². The summed E-state index contributed by atoms with van der Waals surface area (Å²) in [5.74, 6) is 1.04. The molecule has 0 saturated heterocycles. The van der Waals surface area contributed by atoms with Gasteiger partial charge < -0.3 is 48.3 Å². The molecule has 4 rings (SSSR count). The smallest absolute Gasteiger partial charge is 0.756 e. The summed E-state index contributed by atoms with van der Waals surface area (Å²) < 4.78 is 48.2. The van der Waals surface area contributed by atoms with E-state index >= 15 is 0 Å². The van der Waals surface area contributed by atoms with Crippen molar-refractivity contribution in [2.75, 3.05) is 0 Å². The largest absolute Gasteiger partial charge is 2.00 e. The van der Waals surface area contributed by atoms with Gasteiger partial charge >= 0.3 is 16.5 Å². The van der Waals surface area contributed by atoms with E-state index in [9.17, 15) is 39.3 Å². The van der Waals surface area contributed by atoms with E-state index in [1.54, 1.807) is 0 Å². The Morgan fingerprint density at radius 2 is 0.470 bits per heavy atom. The maximum absolute atomic E-state index is 13.1. The Kier molecular flexibility index (Phi) is 24.7. The molecule has 0 aromatic heterocycles. The minimum atomic E-state index is -4.71. The second kappa shape index (κ2) is 27.0. The summed E-state index contributed by atoms with van der Waals surface area (Å²) >= 11 is 0. The molecule has 0 aliphatic rings. The summed E-state index contributed by atoms with van der Waals surface area (Å²) in [6.07, 6.45) is 2.47. The maximum atomic E-state index is 13.1. The molecule has 4 N–H and O–H groups in total. The number of benzene rings is 4. The van der Waals surface area contributed by atoms with Gasteiger partial charge in [-0.3, -0.25) is 9.13 Å². The van der Waals surface area contributed by atoms with Crippen LogP contribution >= 0.6 is 15.6 Å². The molecule has 0 unspecified atom stereocenters. The molecule has 12 nitrogen and oxygen atoms in total. The van der Waals surface area contributed by atoms with Crippen LogP contribution in [-0.4, -0.2) is 20.4 Å². The molecular weight excluding hydrogens is 1130 g/mol. The number of phosphoric ester groups is 2. The predicted octanol–water partition coefficient (Wildman–Crippen LogP) is 17.2. The number of phenols is 4. The minimum absolute atomic E-state index is 0. The van der Waals surface area contributed by atoms with Crippen molar-refractivity contribution < 1.29 is 73.9 Å². The fourth-order valence-electron chi connectivity index (χ4n) is 11.4. The van der Waals surface area contributed by atoms with Gasteiger partial charge in [0.2, 0.25) is 0 Å². The van der Waals surface area contributed by atoms with Gasteiger partial charge in [0.1, 0.15) is 23.0 Å². The van der Waals surface area contributed by atoms with Crippen molar-refractivity contribution in [2.45, 2.75) is 289 Å². The zero-order valence-corrected chi connectivity index (χ0v) is 59.0. The maximum Gasteiger partial charge on any atom is 2.00 e. The quantitative estimate of drug-likeness (QED) is 0.0612. The fourth-order valence-corrected chi connectivity index (χ4v) is 12.7. The average molecular weight is 1240 g/mol. The Labute approximate surface area is 512 Å². The summed E-state index contributed by atoms with van der Waals surface area (Å²) in [4.78, 5) is 26.2. The molecule has 0 aliphatic heterocycles. The summed E-state index contributed by atoms with van der Waals surface area (Å²) in [6, 6.07) is 7.46. The Morgan fingerprint density at radius 3 is 0.578 bits per heavy atom. The summed E-state index contributed by atoms with van der Waals surface area (Å²) in [5.41, 5.74) is 9.89. The first-order valence-electron chi connectivity index (χ1n) is 29.5. The van der Waals surface area contributed by atoms with Gasteiger partial charge in [0.15, 0.2) is 0 Å². The zero-order chi connectivity index (χ0) is 63.9. The van der Waals surface area contributed by atoms with Crippen molar-refractivity contribution >= 4 is 15.6 Å². The van der Waals surface area contributed by atoms with Crippen molar-refractivity contribution in [3.63, 3.8) is 0 Å². The van der Waals surface area contributed by atoms with E-state index in [2.05, 4.69) is 0 Å². The zero-order valence-electron chi connectivity index (χ0n) is 56.2. The molecule has 0 spiro atoms. The molecule has 0 saturated carbocycles. The molecule has 4 aromatic carbocycles. The second-order valence-corrected chi connectivity index (χ2v) is 33.4. The van der Waals surface area contributed by atoms with Crippen LogP contribution in [-0.2, 0) is 139 Å². The van der Waals surface area contributed by atoms with Gasteiger partial charge in [0, 0.05) is 22.3 Å². The van der Waals surface area contributed by atoms with E-state index in [-0.39, 0.29) is 109 Å². The molecular formula is C68H108NiO12P2. The molecule has 0 atom stereocenters. The third kappa shape index (κ3) is 18.9. The Hall–Kier alpha value is -3.21. The number of hydrogen-bond donors (Lipinski definition) is 4. The van der Waals surface area contributed by atoms with E-state index < -0.39 is 15.6 Å². The molecule has 0 amide bonds. The summed E-state index contributed by atoms with van der Waals surface area (Å²) in [6.45, 7) is 56.0. The van der Waals surface area contributed by atoms with Gasteiger partial charge in [-0.05, 0) is 160 Å². The molecule has 0 aliphatic carbocycles. The first-order valence-corrected chi connectivity index (χ1v) is 32.4. The molecule has 0 radical (unpaired) electrons. The summed E-state index contributed by atoms with van der Waals surface area (Å²) in [7, 11) is -9.41. The van der Waals surface area contributed by atoms with Crippen LogP contribution in [0.5, 0.6) is 23.0 Å². The monoisotopic (exact) mass is 1240 g/mol. The van der Waals surface area contributed by atoms with Crippen LogP contribution in [0.25, 0.3) is 0 Å². The Balaban J connectivity index is 0.000000560. The summed E-state index contributed by atoms with van der Waals surface area (Å²) in [5, 5.41) is 45.1. The van der Waals surface area contributed by atoms with E-state index in [1.807, 2.05) is 218 Å². The molecule has 15 heteroatoms. The molecule has 4 aromatic rings. The Morgan fingerprint density at radius 1 is 0.325 bits per heavy atom. The van der Waals surface area contributed by atoms with Crippen molar-refractivity contribution in [1.82, 2.24) is 0 Å². The van der Waals surface area contributed by atoms with Crippen LogP contribution in [0.15, 0.2) is 24.3 Å². The Bertz CT molecular complexity index is 2610. The molecule has 472 valence electrons. The van der Waals surface area contributed by atoms with E-state index in [0.717, 1.165) is 89.0 Å². The topological polar surface area (TPSA) is 198 Å². The predicted molar refractivity (Wildman–Crippen MR) is 334 cm³/mol. The first kappa shape index (κ1) is 75.9. The molecule has 0 fully saturated rings. The van der Waals surface area contributed by atoms with Gasteiger partial charge in [-0.25, -0.2) is 0 Å². The number of aromatic hydroxyl groups is 4. The van der Waals surface area contributed by atoms with Crippen LogP contribution < -0.4 is 9.79 Å². The van der Waals surface area contributed by atoms with E-state index in [4.69, 9.17) is 18.1 Å². The van der Waals surface area contributed by atoms with Crippen LogP contribution in [0.2, 0.25) is 0 Å². The average Bonchev–Trinajstić information content (AvgIpc) is 3.28. The normalized spacial score (nSPS) is 13.5. The third-order valence-corrected chi connectivity index (χ3v) is 16.9. The third-order valence-electron chi connectivity index (χ3n) is 15.2. The molecule has 83 heavy (non-hydrogen) atoms. The van der Waals surface area contributed by atoms with Crippen molar-refractivity contribution in [3.8, 4) is 23.0 Å². The van der Waals surface area contributed by atoms with E-state index in [1.165, 1.54) is 0 Å².